The Morgan fingerprint density at radius 1 is 1.33 bits per heavy atom. The normalized spacial score (nSPS) is 28.3. The molecule has 1 aromatic carbocycles. The molecule has 3 rings (SSSR count). The van der Waals surface area contributed by atoms with Gasteiger partial charge in [0.05, 0.1) is 36.9 Å². The van der Waals surface area contributed by atoms with Gasteiger partial charge in [-0.25, -0.2) is 0 Å². The molecule has 0 aromatic heterocycles. The molecular formula is C25H36N4O4. The molecule has 3 atom stereocenters. The number of aliphatic hydroxyl groups is 1. The molecule has 8 heteroatoms. The van der Waals surface area contributed by atoms with Gasteiger partial charge in [0.15, 0.2) is 5.96 Å². The van der Waals surface area contributed by atoms with Gasteiger partial charge in [-0.05, 0) is 66.2 Å². The van der Waals surface area contributed by atoms with E-state index in [1.807, 2.05) is 18.2 Å². The third-order valence-corrected chi connectivity index (χ3v) is 7.30. The number of nitrogens with two attached hydrogens (primary N) is 1. The minimum absolute atomic E-state index is 0.0587. The van der Waals surface area contributed by atoms with Crippen LogP contribution >= 0.6 is 0 Å². The molecular weight excluding hydrogens is 420 g/mol. The number of benzene rings is 1. The summed E-state index contributed by atoms with van der Waals surface area (Å²) in [5.41, 5.74) is 8.08. The maximum absolute atomic E-state index is 14.0. The average Bonchev–Trinajstić information content (AvgIpc) is 3.06. The van der Waals surface area contributed by atoms with Crippen LogP contribution < -0.4 is 5.73 Å². The molecule has 1 fully saturated rings. The number of ether oxygens (including phenoxy) is 2. The van der Waals surface area contributed by atoms with E-state index in [0.717, 1.165) is 30.4 Å². The predicted molar refractivity (Wildman–Crippen MR) is 125 cm³/mol. The highest BCUT2D eigenvalue weighted by atomic mass is 16.5. The van der Waals surface area contributed by atoms with E-state index < -0.39 is 5.92 Å². The number of methoxy groups -OCH3 is 1. The van der Waals surface area contributed by atoms with Crippen LogP contribution in [0, 0.1) is 34.0 Å². The summed E-state index contributed by atoms with van der Waals surface area (Å²) in [4.78, 5) is 15.4. The molecule has 1 amide bonds. The topological polar surface area (TPSA) is 133 Å². The van der Waals surface area contributed by atoms with E-state index in [0.29, 0.717) is 18.6 Å². The Morgan fingerprint density at radius 3 is 2.61 bits per heavy atom. The van der Waals surface area contributed by atoms with E-state index >= 15 is 0 Å². The summed E-state index contributed by atoms with van der Waals surface area (Å²) in [5, 5.41) is 26.5. The fourth-order valence-electron chi connectivity index (χ4n) is 6.30. The van der Waals surface area contributed by atoms with E-state index in [1.165, 1.54) is 4.90 Å². The van der Waals surface area contributed by atoms with Crippen LogP contribution in [0.4, 0.5) is 0 Å². The van der Waals surface area contributed by atoms with Gasteiger partial charge in [0, 0.05) is 20.3 Å². The van der Waals surface area contributed by atoms with Crippen molar-refractivity contribution in [1.29, 1.82) is 10.7 Å². The second-order valence-electron chi connectivity index (χ2n) is 9.63. The number of nitrogens with one attached hydrogen (secondary N) is 1. The van der Waals surface area contributed by atoms with E-state index in [-0.39, 0.29) is 55.0 Å². The van der Waals surface area contributed by atoms with Crippen molar-refractivity contribution in [2.24, 2.45) is 23.0 Å². The number of rotatable bonds is 8. The first-order valence-electron chi connectivity index (χ1n) is 11.7. The molecule has 8 nitrogen and oxygen atoms in total. The van der Waals surface area contributed by atoms with Gasteiger partial charge in [0.1, 0.15) is 0 Å². The summed E-state index contributed by atoms with van der Waals surface area (Å²) >= 11 is 0. The lowest BCUT2D eigenvalue weighted by atomic mass is 9.59. The number of nitriles is 1. The van der Waals surface area contributed by atoms with Crippen LogP contribution in [0.1, 0.15) is 55.7 Å². The zero-order chi connectivity index (χ0) is 24.2. The smallest absolute Gasteiger partial charge is 0.237 e. The molecule has 33 heavy (non-hydrogen) atoms. The standard InChI is InChI=1S/C25H36N4O4/c1-16-12-25(13-17(2)22(16)32-3)14-19-6-5-18(15-26)11-20(19)21(25)23(31)29(24(27)28)7-4-9-33-10-8-30/h5-6,11,16-17,21-22,30H,4,7-10,12-14H2,1-3H3,(H3,27,28). The second kappa shape index (κ2) is 10.6. The van der Waals surface area contributed by atoms with Gasteiger partial charge < -0.3 is 20.3 Å². The summed E-state index contributed by atoms with van der Waals surface area (Å²) < 4.78 is 11.1. The average molecular weight is 457 g/mol. The zero-order valence-corrected chi connectivity index (χ0v) is 19.8. The summed E-state index contributed by atoms with van der Waals surface area (Å²) in [7, 11) is 1.75. The maximum atomic E-state index is 14.0. The molecule has 2 aliphatic rings. The Kier molecular flexibility index (Phi) is 8.11. The third kappa shape index (κ3) is 5.06. The number of amides is 1. The van der Waals surface area contributed by atoms with Gasteiger partial charge in [-0.1, -0.05) is 19.9 Å². The monoisotopic (exact) mass is 456 g/mol. The number of guanidine groups is 1. The molecule has 0 aliphatic heterocycles. The van der Waals surface area contributed by atoms with Crippen molar-refractivity contribution in [2.45, 2.75) is 51.6 Å². The molecule has 0 bridgehead atoms. The minimum Gasteiger partial charge on any atom is -0.394 e. The minimum atomic E-state index is -0.467. The Bertz CT molecular complexity index is 900. The van der Waals surface area contributed by atoms with E-state index in [2.05, 4.69) is 19.9 Å². The summed E-state index contributed by atoms with van der Waals surface area (Å²) in [6, 6.07) is 7.83. The van der Waals surface area contributed by atoms with Gasteiger partial charge in [0.25, 0.3) is 0 Å². The number of carbonyl (C=O) groups excluding carboxylic acids is 1. The van der Waals surface area contributed by atoms with E-state index in [9.17, 15) is 10.1 Å². The van der Waals surface area contributed by atoms with Crippen LogP contribution in [0.5, 0.6) is 0 Å². The van der Waals surface area contributed by atoms with E-state index in [4.69, 9.17) is 25.7 Å². The Balaban J connectivity index is 1.96. The first-order valence-corrected chi connectivity index (χ1v) is 11.7. The third-order valence-electron chi connectivity index (χ3n) is 7.30. The van der Waals surface area contributed by atoms with Crippen molar-refractivity contribution in [3.63, 3.8) is 0 Å². The van der Waals surface area contributed by atoms with Crippen molar-refractivity contribution >= 4 is 11.9 Å². The quantitative estimate of drug-likeness (QED) is 0.312. The first-order chi connectivity index (χ1) is 15.8. The predicted octanol–water partition coefficient (Wildman–Crippen LogP) is 2.39. The molecule has 0 radical (unpaired) electrons. The summed E-state index contributed by atoms with van der Waals surface area (Å²) in [5.74, 6) is -0.388. The number of fused-ring (bicyclic) bond motifs is 1. The molecule has 1 saturated carbocycles. The first kappa shape index (κ1) is 25.2. The van der Waals surface area contributed by atoms with Crippen LogP contribution in [-0.2, 0) is 20.7 Å². The van der Waals surface area contributed by atoms with Crippen molar-refractivity contribution in [1.82, 2.24) is 4.90 Å². The Morgan fingerprint density at radius 2 is 2.03 bits per heavy atom. The molecule has 180 valence electrons. The van der Waals surface area contributed by atoms with Crippen LogP contribution in [0.2, 0.25) is 0 Å². The second-order valence-corrected chi connectivity index (χ2v) is 9.63. The molecule has 1 aromatic rings. The highest BCUT2D eigenvalue weighted by molar-refractivity contribution is 5.99. The SMILES string of the molecule is COC1C(C)CC2(Cc3ccc(C#N)cc3C2C(=O)N(CCCOCCO)C(=N)N)CC1C. The number of carbonyl (C=O) groups is 1. The molecule has 1 spiro atoms. The lowest BCUT2D eigenvalue weighted by molar-refractivity contribution is -0.135. The number of nitrogens with zero attached hydrogens (tertiary/aromatic N) is 2. The van der Waals surface area contributed by atoms with Crippen molar-refractivity contribution in [2.75, 3.05) is 33.5 Å². The molecule has 3 unspecified atom stereocenters. The van der Waals surface area contributed by atoms with Gasteiger partial charge in [-0.2, -0.15) is 5.26 Å². The fraction of sp³-hybridized carbons (Fsp3) is 0.640. The Labute approximate surface area is 196 Å². The molecule has 4 N–H and O–H groups in total. The largest absolute Gasteiger partial charge is 0.394 e. The van der Waals surface area contributed by atoms with Crippen molar-refractivity contribution in [3.8, 4) is 6.07 Å². The van der Waals surface area contributed by atoms with Crippen LogP contribution in [0.15, 0.2) is 18.2 Å². The van der Waals surface area contributed by atoms with Crippen molar-refractivity contribution in [3.05, 3.63) is 34.9 Å². The lowest BCUT2D eigenvalue weighted by Gasteiger charge is -2.48. The summed E-state index contributed by atoms with van der Waals surface area (Å²) in [6.07, 6.45) is 3.06. The molecule has 0 saturated heterocycles. The van der Waals surface area contributed by atoms with Crippen molar-refractivity contribution < 1.29 is 19.4 Å². The highest BCUT2D eigenvalue weighted by Gasteiger charge is 2.55. The number of aliphatic hydroxyl groups excluding tert-OH is 1. The maximum Gasteiger partial charge on any atom is 0.237 e. The highest BCUT2D eigenvalue weighted by Crippen LogP contribution is 2.58. The number of hydrogen-bond donors (Lipinski definition) is 3. The Hall–Kier alpha value is -2.47. The summed E-state index contributed by atoms with van der Waals surface area (Å²) in [6.45, 7) is 5.17. The number of hydrogen-bond acceptors (Lipinski definition) is 6. The molecule has 2 aliphatic carbocycles. The van der Waals surface area contributed by atoms with Crippen LogP contribution in [0.25, 0.3) is 0 Å². The van der Waals surface area contributed by atoms with Gasteiger partial charge >= 0.3 is 0 Å². The van der Waals surface area contributed by atoms with Crippen LogP contribution in [0.3, 0.4) is 0 Å². The van der Waals surface area contributed by atoms with E-state index in [1.54, 1.807) is 7.11 Å². The molecule has 0 heterocycles. The fourth-order valence-corrected chi connectivity index (χ4v) is 6.30. The van der Waals surface area contributed by atoms with Gasteiger partial charge in [-0.3, -0.25) is 15.1 Å². The lowest BCUT2D eigenvalue weighted by Crippen LogP contribution is -2.51. The van der Waals surface area contributed by atoms with Crippen LogP contribution in [-0.4, -0.2) is 61.5 Å². The van der Waals surface area contributed by atoms with Gasteiger partial charge in [-0.15, -0.1) is 0 Å². The van der Waals surface area contributed by atoms with Gasteiger partial charge in [0.2, 0.25) is 5.91 Å². The zero-order valence-electron chi connectivity index (χ0n) is 19.8.